The van der Waals surface area contributed by atoms with E-state index in [0.29, 0.717) is 23.5 Å². The third kappa shape index (κ3) is 4.75. The van der Waals surface area contributed by atoms with E-state index in [1.165, 1.54) is 16.8 Å². The summed E-state index contributed by atoms with van der Waals surface area (Å²) in [6, 6.07) is 5.82. The van der Waals surface area contributed by atoms with Gasteiger partial charge in [-0.05, 0) is 48.0 Å². The molecule has 168 valence electrons. The summed E-state index contributed by atoms with van der Waals surface area (Å²) in [5.74, 6) is -0.450. The lowest BCUT2D eigenvalue weighted by molar-refractivity contribution is -0.384. The summed E-state index contributed by atoms with van der Waals surface area (Å²) in [5.41, 5.74) is 9.74. The highest BCUT2D eigenvalue weighted by Crippen LogP contribution is 2.18. The van der Waals surface area contributed by atoms with E-state index in [0.717, 1.165) is 13.1 Å². The number of benzene rings is 1. The number of nitrogens with zero attached hydrogens (tertiary/aromatic N) is 8. The Morgan fingerprint density at radius 3 is 2.53 bits per heavy atom. The van der Waals surface area contributed by atoms with Crippen LogP contribution in [0.5, 0.6) is 0 Å². The van der Waals surface area contributed by atoms with Gasteiger partial charge in [-0.1, -0.05) is 19.1 Å². The second kappa shape index (κ2) is 9.74. The van der Waals surface area contributed by atoms with Crippen molar-refractivity contribution in [3.8, 4) is 5.82 Å². The van der Waals surface area contributed by atoms with Crippen LogP contribution in [0.15, 0.2) is 34.0 Å². The van der Waals surface area contributed by atoms with Crippen LogP contribution < -0.4 is 11.2 Å². The Kier molecular flexibility index (Phi) is 6.84. The van der Waals surface area contributed by atoms with Crippen LogP contribution in [0.3, 0.4) is 0 Å². The number of non-ortho nitro benzene ring substituents is 1. The van der Waals surface area contributed by atoms with Gasteiger partial charge in [0.25, 0.3) is 11.6 Å². The SMILES string of the molecule is CCN(CC)Cc1c(C(=O)N/N=C(\C)c2ccc([N+](=O)[O-])cc2)nnn1-c1nonc1N. The van der Waals surface area contributed by atoms with Crippen LogP contribution >= 0.6 is 0 Å². The Hall–Kier alpha value is -4.20. The summed E-state index contributed by atoms with van der Waals surface area (Å²) < 4.78 is 5.95. The van der Waals surface area contributed by atoms with Crippen molar-refractivity contribution in [2.24, 2.45) is 5.10 Å². The van der Waals surface area contributed by atoms with Gasteiger partial charge in [0.2, 0.25) is 11.6 Å². The number of hydrogen-bond donors (Lipinski definition) is 2. The fourth-order valence-corrected chi connectivity index (χ4v) is 2.86. The molecule has 0 aliphatic carbocycles. The minimum Gasteiger partial charge on any atom is -0.378 e. The van der Waals surface area contributed by atoms with Crippen LogP contribution in [0, 0.1) is 10.1 Å². The average molecular weight is 442 g/mol. The van der Waals surface area contributed by atoms with E-state index >= 15 is 0 Å². The molecule has 0 fully saturated rings. The molecule has 32 heavy (non-hydrogen) atoms. The van der Waals surface area contributed by atoms with E-state index in [2.05, 4.69) is 40.7 Å². The molecular weight excluding hydrogens is 420 g/mol. The van der Waals surface area contributed by atoms with E-state index in [-0.39, 0.29) is 23.0 Å². The molecule has 1 aromatic carbocycles. The van der Waals surface area contributed by atoms with Gasteiger partial charge in [0.05, 0.1) is 16.3 Å². The smallest absolute Gasteiger partial charge is 0.293 e. The van der Waals surface area contributed by atoms with Crippen molar-refractivity contribution in [3.05, 3.63) is 51.3 Å². The number of hydrogen-bond acceptors (Lipinski definition) is 11. The van der Waals surface area contributed by atoms with Crippen molar-refractivity contribution >= 4 is 23.1 Å². The van der Waals surface area contributed by atoms with Crippen molar-refractivity contribution in [3.63, 3.8) is 0 Å². The summed E-state index contributed by atoms with van der Waals surface area (Å²) in [6.07, 6.45) is 0. The number of nitro groups is 1. The lowest BCUT2D eigenvalue weighted by Crippen LogP contribution is -2.27. The topological polar surface area (TPSA) is 183 Å². The Balaban J connectivity index is 1.86. The molecule has 0 spiro atoms. The van der Waals surface area contributed by atoms with Crippen LogP contribution in [0.1, 0.15) is 42.5 Å². The zero-order valence-corrected chi connectivity index (χ0v) is 17.7. The molecule has 0 unspecified atom stereocenters. The molecular formula is C18H22N10O4. The Labute approximate surface area is 182 Å². The second-order valence-corrected chi connectivity index (χ2v) is 6.67. The summed E-state index contributed by atoms with van der Waals surface area (Å²) in [6.45, 7) is 7.44. The normalized spacial score (nSPS) is 11.7. The van der Waals surface area contributed by atoms with Gasteiger partial charge in [0.1, 0.15) is 0 Å². The van der Waals surface area contributed by atoms with Gasteiger partial charge >= 0.3 is 0 Å². The monoisotopic (exact) mass is 442 g/mol. The van der Waals surface area contributed by atoms with Crippen molar-refractivity contribution in [2.45, 2.75) is 27.3 Å². The minimum absolute atomic E-state index is 0.00897. The number of aromatic nitrogens is 5. The Bertz CT molecular complexity index is 1130. The quantitative estimate of drug-likeness (QED) is 0.277. The number of amides is 1. The van der Waals surface area contributed by atoms with E-state index in [9.17, 15) is 14.9 Å². The first-order valence-corrected chi connectivity index (χ1v) is 9.70. The molecule has 14 nitrogen and oxygen atoms in total. The van der Waals surface area contributed by atoms with Crippen LogP contribution in [-0.4, -0.2) is 59.8 Å². The lowest BCUT2D eigenvalue weighted by atomic mass is 10.1. The van der Waals surface area contributed by atoms with E-state index in [4.69, 9.17) is 5.73 Å². The fourth-order valence-electron chi connectivity index (χ4n) is 2.86. The molecule has 0 bridgehead atoms. The predicted molar refractivity (Wildman–Crippen MR) is 113 cm³/mol. The van der Waals surface area contributed by atoms with Crippen LogP contribution in [0.4, 0.5) is 11.5 Å². The standard InChI is InChI=1S/C18H22N10O4/c1-4-26(5-2)10-14-15(21-25-27(14)17-16(19)23-32-24-17)18(29)22-20-11(3)12-6-8-13(9-7-12)28(30)31/h6-9H,4-5,10H2,1-3H3,(H2,19,23)(H,22,29)/b20-11+. The highest BCUT2D eigenvalue weighted by molar-refractivity contribution is 6.00. The second-order valence-electron chi connectivity index (χ2n) is 6.67. The van der Waals surface area contributed by atoms with Crippen LogP contribution in [-0.2, 0) is 6.54 Å². The molecule has 0 aliphatic heterocycles. The number of nitro benzene ring substituents is 1. The molecule has 0 atom stereocenters. The maximum absolute atomic E-state index is 12.8. The number of hydrazone groups is 1. The molecule has 14 heteroatoms. The van der Waals surface area contributed by atoms with Crippen LogP contribution in [0.2, 0.25) is 0 Å². The Morgan fingerprint density at radius 2 is 1.97 bits per heavy atom. The largest absolute Gasteiger partial charge is 0.378 e. The first-order chi connectivity index (χ1) is 15.3. The highest BCUT2D eigenvalue weighted by Gasteiger charge is 2.25. The van der Waals surface area contributed by atoms with E-state index < -0.39 is 10.8 Å². The number of carbonyl (C=O) groups excluding carboxylic acids is 1. The number of nitrogens with two attached hydrogens (primary N) is 1. The van der Waals surface area contributed by atoms with Gasteiger partial charge in [-0.25, -0.2) is 10.1 Å². The minimum atomic E-state index is -0.588. The molecule has 3 aromatic rings. The number of nitrogen functional groups attached to an aromatic ring is 1. The number of rotatable bonds is 9. The summed E-state index contributed by atoms with van der Waals surface area (Å²) in [4.78, 5) is 25.2. The number of nitrogens with one attached hydrogen (secondary N) is 1. The predicted octanol–water partition coefficient (Wildman–Crippen LogP) is 1.14. The van der Waals surface area contributed by atoms with Crippen molar-refractivity contribution < 1.29 is 14.3 Å². The molecule has 2 aromatic heterocycles. The summed E-state index contributed by atoms with van der Waals surface area (Å²) in [7, 11) is 0. The fraction of sp³-hybridized carbons (Fsp3) is 0.333. The summed E-state index contributed by atoms with van der Waals surface area (Å²) >= 11 is 0. The van der Waals surface area contributed by atoms with Gasteiger partial charge in [0.15, 0.2) is 5.69 Å². The molecule has 2 heterocycles. The third-order valence-electron chi connectivity index (χ3n) is 4.76. The van der Waals surface area contributed by atoms with Crippen molar-refractivity contribution in [1.29, 1.82) is 0 Å². The van der Waals surface area contributed by atoms with E-state index in [1.807, 2.05) is 13.8 Å². The maximum Gasteiger partial charge on any atom is 0.293 e. The number of carbonyl (C=O) groups is 1. The average Bonchev–Trinajstić information content (AvgIpc) is 3.40. The first kappa shape index (κ1) is 22.5. The van der Waals surface area contributed by atoms with Crippen LogP contribution in [0.25, 0.3) is 5.82 Å². The van der Waals surface area contributed by atoms with Crippen molar-refractivity contribution in [2.75, 3.05) is 18.8 Å². The number of anilines is 1. The van der Waals surface area contributed by atoms with E-state index in [1.54, 1.807) is 19.1 Å². The maximum atomic E-state index is 12.8. The lowest BCUT2D eigenvalue weighted by Gasteiger charge is -2.18. The third-order valence-corrected chi connectivity index (χ3v) is 4.76. The summed E-state index contributed by atoms with van der Waals surface area (Å²) in [5, 5.41) is 30.1. The molecule has 0 aliphatic rings. The van der Waals surface area contributed by atoms with Gasteiger partial charge in [0, 0.05) is 18.7 Å². The first-order valence-electron chi connectivity index (χ1n) is 9.70. The zero-order valence-electron chi connectivity index (χ0n) is 17.7. The molecule has 3 rings (SSSR count). The zero-order chi connectivity index (χ0) is 23.3. The molecule has 0 saturated carbocycles. The van der Waals surface area contributed by atoms with Gasteiger partial charge in [-0.15, -0.1) is 5.10 Å². The van der Waals surface area contributed by atoms with Gasteiger partial charge in [-0.2, -0.15) is 9.78 Å². The van der Waals surface area contributed by atoms with Gasteiger partial charge < -0.3 is 5.73 Å². The Morgan fingerprint density at radius 1 is 1.28 bits per heavy atom. The highest BCUT2D eigenvalue weighted by atomic mass is 16.6. The molecule has 0 radical (unpaired) electrons. The van der Waals surface area contributed by atoms with Crippen molar-refractivity contribution in [1.82, 2.24) is 35.6 Å². The van der Waals surface area contributed by atoms with Gasteiger partial charge in [-0.3, -0.25) is 19.8 Å². The molecule has 3 N–H and O–H groups in total. The molecule has 0 saturated heterocycles. The molecule has 1 amide bonds.